The Labute approximate surface area is 200 Å². The molecule has 2 aromatic rings. The summed E-state index contributed by atoms with van der Waals surface area (Å²) in [6, 6.07) is 11.2. The van der Waals surface area contributed by atoms with Crippen LogP contribution in [0.15, 0.2) is 48.0 Å². The van der Waals surface area contributed by atoms with E-state index in [0.717, 1.165) is 0 Å². The molecule has 8 heteroatoms. The maximum Gasteiger partial charge on any atom is 0.295 e. The first-order valence-electron chi connectivity index (χ1n) is 11.1. The summed E-state index contributed by atoms with van der Waals surface area (Å²) < 4.78 is 16.4. The van der Waals surface area contributed by atoms with Crippen LogP contribution in [-0.4, -0.2) is 74.1 Å². The molecule has 3 rings (SSSR count). The Kier molecular flexibility index (Phi) is 7.83. The SMILES string of the molecule is COc1ccc([C@H]2/C(=C(\O)c3ccc(OC(C)C)cc3)C(=O)C(=O)N2CCN(C)C)cc1OC. The number of carbonyl (C=O) groups is 2. The fraction of sp³-hybridized carbons (Fsp3) is 0.385. The highest BCUT2D eigenvalue weighted by Gasteiger charge is 2.46. The number of Topliss-reactive ketones (excluding diaryl/α,β-unsaturated/α-hetero) is 1. The van der Waals surface area contributed by atoms with Crippen molar-refractivity contribution in [3.63, 3.8) is 0 Å². The third kappa shape index (κ3) is 5.17. The minimum absolute atomic E-state index is 0.00604. The van der Waals surface area contributed by atoms with Crippen molar-refractivity contribution >= 4 is 17.4 Å². The fourth-order valence-electron chi connectivity index (χ4n) is 3.91. The van der Waals surface area contributed by atoms with Crippen LogP contribution in [0, 0.1) is 0 Å². The van der Waals surface area contributed by atoms with E-state index < -0.39 is 17.7 Å². The quantitative estimate of drug-likeness (QED) is 0.342. The van der Waals surface area contributed by atoms with E-state index in [-0.39, 0.29) is 17.4 Å². The number of carbonyl (C=O) groups excluding carboxylic acids is 2. The molecule has 0 spiro atoms. The molecule has 1 fully saturated rings. The molecule has 182 valence electrons. The summed E-state index contributed by atoms with van der Waals surface area (Å²) in [4.78, 5) is 29.6. The summed E-state index contributed by atoms with van der Waals surface area (Å²) in [6.07, 6.45) is 0.00604. The van der Waals surface area contributed by atoms with Crippen LogP contribution in [0.4, 0.5) is 0 Å². The molecule has 1 N–H and O–H groups in total. The molecular weight excluding hydrogens is 436 g/mol. The Morgan fingerprint density at radius 2 is 1.68 bits per heavy atom. The molecule has 0 aromatic heterocycles. The van der Waals surface area contributed by atoms with Crippen molar-refractivity contribution in [3.8, 4) is 17.2 Å². The third-order valence-corrected chi connectivity index (χ3v) is 5.55. The van der Waals surface area contributed by atoms with Gasteiger partial charge in [0.1, 0.15) is 11.5 Å². The molecule has 0 radical (unpaired) electrons. The van der Waals surface area contributed by atoms with Gasteiger partial charge in [0.05, 0.1) is 31.9 Å². The maximum absolute atomic E-state index is 13.1. The predicted molar refractivity (Wildman–Crippen MR) is 129 cm³/mol. The lowest BCUT2D eigenvalue weighted by Gasteiger charge is -2.27. The van der Waals surface area contributed by atoms with Gasteiger partial charge in [-0.25, -0.2) is 0 Å². The lowest BCUT2D eigenvalue weighted by Crippen LogP contribution is -2.35. The molecule has 1 aliphatic rings. The number of ketones is 1. The number of benzene rings is 2. The number of likely N-dealkylation sites (N-methyl/N-ethyl adjacent to an activating group) is 1. The normalized spacial score (nSPS) is 17.5. The van der Waals surface area contributed by atoms with E-state index in [1.807, 2.05) is 32.8 Å². The van der Waals surface area contributed by atoms with E-state index in [1.54, 1.807) is 42.5 Å². The van der Waals surface area contributed by atoms with Gasteiger partial charge < -0.3 is 29.1 Å². The van der Waals surface area contributed by atoms with Crippen molar-refractivity contribution in [1.82, 2.24) is 9.80 Å². The summed E-state index contributed by atoms with van der Waals surface area (Å²) in [7, 11) is 6.84. The molecule has 1 amide bonds. The number of hydrogen-bond donors (Lipinski definition) is 1. The molecule has 8 nitrogen and oxygen atoms in total. The van der Waals surface area contributed by atoms with Gasteiger partial charge in [0, 0.05) is 18.7 Å². The van der Waals surface area contributed by atoms with Gasteiger partial charge >= 0.3 is 0 Å². The number of methoxy groups -OCH3 is 2. The largest absolute Gasteiger partial charge is 0.507 e. The fourth-order valence-corrected chi connectivity index (χ4v) is 3.91. The molecule has 1 aliphatic heterocycles. The maximum atomic E-state index is 13.1. The first kappa shape index (κ1) is 25.1. The van der Waals surface area contributed by atoms with E-state index >= 15 is 0 Å². The second-order valence-corrected chi connectivity index (χ2v) is 8.60. The van der Waals surface area contributed by atoms with Gasteiger partial charge in [-0.15, -0.1) is 0 Å². The Morgan fingerprint density at radius 3 is 2.24 bits per heavy atom. The van der Waals surface area contributed by atoms with Gasteiger partial charge in [-0.05, 0) is 69.9 Å². The summed E-state index contributed by atoms with van der Waals surface area (Å²) >= 11 is 0. The Morgan fingerprint density at radius 1 is 1.03 bits per heavy atom. The smallest absolute Gasteiger partial charge is 0.295 e. The lowest BCUT2D eigenvalue weighted by molar-refractivity contribution is -0.140. The van der Waals surface area contributed by atoms with Crippen LogP contribution in [0.25, 0.3) is 5.76 Å². The van der Waals surface area contributed by atoms with Crippen LogP contribution in [0.5, 0.6) is 17.2 Å². The highest BCUT2D eigenvalue weighted by Crippen LogP contribution is 2.42. The zero-order valence-corrected chi connectivity index (χ0v) is 20.5. The standard InChI is InChI=1S/C26H32N2O6/c1-16(2)34-19-10-7-17(8-11-19)24(29)22-23(18-9-12-20(32-5)21(15-18)33-6)28(14-13-27(3)4)26(31)25(22)30/h7-12,15-16,23,29H,13-14H2,1-6H3/b24-22+/t23-/m0/s1. The van der Waals surface area contributed by atoms with Crippen LogP contribution in [0.2, 0.25) is 0 Å². The second-order valence-electron chi connectivity index (χ2n) is 8.60. The number of aliphatic hydroxyl groups excluding tert-OH is 1. The number of amides is 1. The van der Waals surface area contributed by atoms with Crippen LogP contribution < -0.4 is 14.2 Å². The molecule has 0 aliphatic carbocycles. The number of ether oxygens (including phenoxy) is 3. The van der Waals surface area contributed by atoms with E-state index in [2.05, 4.69) is 0 Å². The van der Waals surface area contributed by atoms with Crippen molar-refractivity contribution in [1.29, 1.82) is 0 Å². The minimum Gasteiger partial charge on any atom is -0.507 e. The summed E-state index contributed by atoms with van der Waals surface area (Å²) in [5.74, 6) is 0.0307. The van der Waals surface area contributed by atoms with Crippen molar-refractivity contribution in [2.24, 2.45) is 0 Å². The number of rotatable bonds is 9. The van der Waals surface area contributed by atoms with Gasteiger partial charge in [-0.3, -0.25) is 9.59 Å². The molecule has 0 unspecified atom stereocenters. The van der Waals surface area contributed by atoms with Crippen LogP contribution in [0.3, 0.4) is 0 Å². The number of hydrogen-bond acceptors (Lipinski definition) is 7. The van der Waals surface area contributed by atoms with Crippen molar-refractivity contribution in [3.05, 3.63) is 59.2 Å². The topological polar surface area (TPSA) is 88.5 Å². The second kappa shape index (κ2) is 10.6. The highest BCUT2D eigenvalue weighted by molar-refractivity contribution is 6.46. The Hall–Kier alpha value is -3.52. The predicted octanol–water partition coefficient (Wildman–Crippen LogP) is 3.47. The summed E-state index contributed by atoms with van der Waals surface area (Å²) in [5.41, 5.74) is 1.10. The number of likely N-dealkylation sites (tertiary alicyclic amines) is 1. The average Bonchev–Trinajstić information content (AvgIpc) is 3.06. The first-order valence-corrected chi connectivity index (χ1v) is 11.1. The van der Waals surface area contributed by atoms with Crippen molar-refractivity contribution < 1.29 is 28.9 Å². The number of aliphatic hydroxyl groups is 1. The Bertz CT molecular complexity index is 1080. The van der Waals surface area contributed by atoms with Gasteiger partial charge in [0.2, 0.25) is 0 Å². The van der Waals surface area contributed by atoms with Gasteiger partial charge in [0.25, 0.3) is 11.7 Å². The lowest BCUT2D eigenvalue weighted by atomic mass is 9.95. The van der Waals surface area contributed by atoms with Gasteiger partial charge in [-0.1, -0.05) is 6.07 Å². The van der Waals surface area contributed by atoms with Crippen LogP contribution >= 0.6 is 0 Å². The van der Waals surface area contributed by atoms with E-state index in [1.165, 1.54) is 19.1 Å². The highest BCUT2D eigenvalue weighted by atomic mass is 16.5. The van der Waals surface area contributed by atoms with Crippen LogP contribution in [-0.2, 0) is 9.59 Å². The van der Waals surface area contributed by atoms with Crippen molar-refractivity contribution in [2.75, 3.05) is 41.4 Å². The van der Waals surface area contributed by atoms with E-state index in [9.17, 15) is 14.7 Å². The summed E-state index contributed by atoms with van der Waals surface area (Å²) in [5, 5.41) is 11.2. The zero-order valence-electron chi connectivity index (χ0n) is 20.5. The molecular formula is C26H32N2O6. The summed E-state index contributed by atoms with van der Waals surface area (Å²) in [6.45, 7) is 4.71. The molecule has 1 atom stereocenters. The van der Waals surface area contributed by atoms with Crippen molar-refractivity contribution in [2.45, 2.75) is 26.0 Å². The Balaban J connectivity index is 2.12. The molecule has 2 aromatic carbocycles. The molecule has 1 saturated heterocycles. The molecule has 0 saturated carbocycles. The minimum atomic E-state index is -0.772. The van der Waals surface area contributed by atoms with Crippen LogP contribution in [0.1, 0.15) is 31.0 Å². The molecule has 0 bridgehead atoms. The van der Waals surface area contributed by atoms with Gasteiger partial charge in [0.15, 0.2) is 11.5 Å². The van der Waals surface area contributed by atoms with Gasteiger partial charge in [-0.2, -0.15) is 0 Å². The monoisotopic (exact) mass is 468 g/mol. The van der Waals surface area contributed by atoms with E-state index in [0.29, 0.717) is 41.5 Å². The molecule has 1 heterocycles. The number of nitrogens with zero attached hydrogens (tertiary/aromatic N) is 2. The molecule has 34 heavy (non-hydrogen) atoms. The third-order valence-electron chi connectivity index (χ3n) is 5.55. The first-order chi connectivity index (χ1) is 16.2. The van der Waals surface area contributed by atoms with E-state index in [4.69, 9.17) is 14.2 Å². The average molecular weight is 469 g/mol. The zero-order chi connectivity index (χ0) is 25.0.